The molecule has 0 aliphatic rings. The molecule has 1 aromatic heterocycles. The molecule has 0 spiro atoms. The molecule has 0 saturated heterocycles. The Labute approximate surface area is 165 Å². The van der Waals surface area contributed by atoms with Crippen LogP contribution >= 0.6 is 12.2 Å². The van der Waals surface area contributed by atoms with Gasteiger partial charge in [0, 0.05) is 5.56 Å². The first-order valence-corrected chi connectivity index (χ1v) is 9.52. The summed E-state index contributed by atoms with van der Waals surface area (Å²) in [6.07, 6.45) is 0.958. The van der Waals surface area contributed by atoms with Crippen LogP contribution < -0.4 is 0 Å². The number of nitrogens with zero attached hydrogens (tertiary/aromatic N) is 3. The van der Waals surface area contributed by atoms with E-state index >= 15 is 0 Å². The van der Waals surface area contributed by atoms with E-state index in [1.807, 2.05) is 22.8 Å². The predicted molar refractivity (Wildman–Crippen MR) is 112 cm³/mol. The van der Waals surface area contributed by atoms with E-state index in [1.165, 1.54) is 11.1 Å². The second-order valence-electron chi connectivity index (χ2n) is 7.44. The summed E-state index contributed by atoms with van der Waals surface area (Å²) in [5.74, 6) is 1.21. The van der Waals surface area contributed by atoms with Crippen molar-refractivity contribution in [3.05, 3.63) is 62.9 Å². The number of hydrogen-bond acceptors (Lipinski definition) is 3. The minimum absolute atomic E-state index is 0.522. The minimum Gasteiger partial charge on any atom is -0.268 e. The van der Waals surface area contributed by atoms with Crippen LogP contribution in [0.5, 0.6) is 0 Å². The molecule has 0 unspecified atom stereocenters. The van der Waals surface area contributed by atoms with Gasteiger partial charge in [-0.15, -0.1) is 0 Å². The summed E-state index contributed by atoms with van der Waals surface area (Å²) in [6, 6.07) is 12.5. The fraction of sp³-hybridized carbons (Fsp3) is 0.318. The first-order chi connectivity index (χ1) is 12.8. The van der Waals surface area contributed by atoms with Crippen molar-refractivity contribution in [1.82, 2.24) is 14.8 Å². The van der Waals surface area contributed by atoms with Gasteiger partial charge in [0.25, 0.3) is 0 Å². The number of H-pyrrole nitrogens is 1. The third kappa shape index (κ3) is 3.58. The van der Waals surface area contributed by atoms with Crippen LogP contribution in [0, 0.1) is 42.8 Å². The van der Waals surface area contributed by atoms with Crippen LogP contribution in [0.3, 0.4) is 0 Å². The van der Waals surface area contributed by atoms with Gasteiger partial charge in [-0.3, -0.25) is 9.67 Å². The summed E-state index contributed by atoms with van der Waals surface area (Å²) in [7, 11) is 0. The van der Waals surface area contributed by atoms with E-state index in [4.69, 9.17) is 12.2 Å². The fourth-order valence-corrected chi connectivity index (χ4v) is 3.60. The van der Waals surface area contributed by atoms with E-state index in [0.29, 0.717) is 22.1 Å². The number of hydrogen-bond donors (Lipinski definition) is 1. The number of nitriles is 1. The third-order valence-electron chi connectivity index (χ3n) is 4.95. The van der Waals surface area contributed by atoms with Crippen LogP contribution in [0.1, 0.15) is 41.7 Å². The molecule has 0 radical (unpaired) electrons. The Morgan fingerprint density at radius 3 is 2.59 bits per heavy atom. The van der Waals surface area contributed by atoms with E-state index in [0.717, 1.165) is 28.8 Å². The van der Waals surface area contributed by atoms with Gasteiger partial charge in [0.1, 0.15) is 0 Å². The monoisotopic (exact) mass is 376 g/mol. The van der Waals surface area contributed by atoms with Crippen LogP contribution in [-0.2, 0) is 6.42 Å². The number of aromatic nitrogens is 3. The van der Waals surface area contributed by atoms with Gasteiger partial charge >= 0.3 is 0 Å². The maximum atomic E-state index is 9.72. The lowest BCUT2D eigenvalue weighted by Crippen LogP contribution is -2.04. The lowest BCUT2D eigenvalue weighted by atomic mass is 9.93. The van der Waals surface area contributed by atoms with Gasteiger partial charge in [0.2, 0.25) is 0 Å². The molecular weight excluding hydrogens is 352 g/mol. The van der Waals surface area contributed by atoms with Crippen LogP contribution in [0.25, 0.3) is 17.1 Å². The standard InChI is InChI=1S/C22H24N4S/c1-13(2)9-17-11-19(18(12-23)10-15(17)4)21-24-25-22(27)26(21)20-8-6-7-14(3)16(20)5/h6-8,10-11,13H,9H2,1-5H3,(H,25,27). The first-order valence-electron chi connectivity index (χ1n) is 9.11. The molecule has 0 aliphatic carbocycles. The molecule has 0 amide bonds. The smallest absolute Gasteiger partial charge is 0.200 e. The Kier molecular flexibility index (Phi) is 5.29. The van der Waals surface area contributed by atoms with Crippen molar-refractivity contribution in [3.8, 4) is 23.1 Å². The summed E-state index contributed by atoms with van der Waals surface area (Å²) in [5.41, 5.74) is 7.11. The van der Waals surface area contributed by atoms with Crippen molar-refractivity contribution >= 4 is 12.2 Å². The maximum Gasteiger partial charge on any atom is 0.200 e. The molecule has 3 aromatic rings. The van der Waals surface area contributed by atoms with Crippen LogP contribution in [0.4, 0.5) is 0 Å². The van der Waals surface area contributed by atoms with Crippen molar-refractivity contribution in [2.45, 2.75) is 41.0 Å². The van der Waals surface area contributed by atoms with Crippen LogP contribution in [0.2, 0.25) is 0 Å². The summed E-state index contributed by atoms with van der Waals surface area (Å²) in [6.45, 7) is 10.6. The highest BCUT2D eigenvalue weighted by Crippen LogP contribution is 2.30. The average molecular weight is 377 g/mol. The summed E-state index contributed by atoms with van der Waals surface area (Å²) < 4.78 is 2.45. The highest BCUT2D eigenvalue weighted by molar-refractivity contribution is 7.71. The molecule has 27 heavy (non-hydrogen) atoms. The molecule has 0 atom stereocenters. The molecule has 5 heteroatoms. The number of benzene rings is 2. The third-order valence-corrected chi connectivity index (χ3v) is 5.23. The van der Waals surface area contributed by atoms with Gasteiger partial charge < -0.3 is 0 Å². The molecule has 1 heterocycles. The van der Waals surface area contributed by atoms with Crippen LogP contribution in [-0.4, -0.2) is 14.8 Å². The van der Waals surface area contributed by atoms with E-state index in [-0.39, 0.29) is 0 Å². The predicted octanol–water partition coefficient (Wildman–Crippen LogP) is 5.59. The average Bonchev–Trinajstić information content (AvgIpc) is 2.99. The van der Waals surface area contributed by atoms with Crippen LogP contribution in [0.15, 0.2) is 30.3 Å². The Hall–Kier alpha value is -2.71. The zero-order valence-corrected chi connectivity index (χ0v) is 17.2. The minimum atomic E-state index is 0.522. The van der Waals surface area contributed by atoms with Crippen molar-refractivity contribution in [2.75, 3.05) is 0 Å². The number of aromatic amines is 1. The SMILES string of the molecule is Cc1cc(C#N)c(-c2n[nH]c(=S)n2-c2cccc(C)c2C)cc1CC(C)C. The molecular formula is C22H24N4S. The van der Waals surface area contributed by atoms with Gasteiger partial charge in [-0.25, -0.2) is 0 Å². The zero-order chi connectivity index (χ0) is 19.7. The highest BCUT2D eigenvalue weighted by atomic mass is 32.1. The second-order valence-corrected chi connectivity index (χ2v) is 7.83. The van der Waals surface area contributed by atoms with E-state index < -0.39 is 0 Å². The van der Waals surface area contributed by atoms with Gasteiger partial charge in [-0.2, -0.15) is 10.4 Å². The van der Waals surface area contributed by atoms with E-state index in [1.54, 1.807) is 0 Å². The lowest BCUT2D eigenvalue weighted by Gasteiger charge is -2.15. The van der Waals surface area contributed by atoms with Gasteiger partial charge in [0.15, 0.2) is 10.6 Å². The van der Waals surface area contributed by atoms with E-state index in [2.05, 4.69) is 63.0 Å². The Bertz CT molecular complexity index is 1100. The molecule has 0 saturated carbocycles. The number of nitrogens with one attached hydrogen (secondary N) is 1. The molecule has 4 nitrogen and oxygen atoms in total. The molecule has 0 bridgehead atoms. The first kappa shape index (κ1) is 19.1. The van der Waals surface area contributed by atoms with Crippen molar-refractivity contribution in [2.24, 2.45) is 5.92 Å². The summed E-state index contributed by atoms with van der Waals surface area (Å²) in [5, 5.41) is 17.1. The molecule has 2 aromatic carbocycles. The molecule has 1 N–H and O–H groups in total. The fourth-order valence-electron chi connectivity index (χ4n) is 3.37. The molecule has 138 valence electrons. The zero-order valence-electron chi connectivity index (χ0n) is 16.4. The van der Waals surface area contributed by atoms with Gasteiger partial charge in [-0.05, 0) is 85.8 Å². The lowest BCUT2D eigenvalue weighted by molar-refractivity contribution is 0.645. The van der Waals surface area contributed by atoms with Gasteiger partial charge in [-0.1, -0.05) is 26.0 Å². The van der Waals surface area contributed by atoms with Gasteiger partial charge in [0.05, 0.1) is 17.3 Å². The topological polar surface area (TPSA) is 57.4 Å². The summed E-state index contributed by atoms with van der Waals surface area (Å²) in [4.78, 5) is 0. The Morgan fingerprint density at radius 2 is 1.93 bits per heavy atom. The second kappa shape index (κ2) is 7.50. The van der Waals surface area contributed by atoms with Crippen molar-refractivity contribution < 1.29 is 0 Å². The van der Waals surface area contributed by atoms with Crippen molar-refractivity contribution in [1.29, 1.82) is 5.26 Å². The molecule has 0 fully saturated rings. The molecule has 0 aliphatic heterocycles. The van der Waals surface area contributed by atoms with E-state index in [9.17, 15) is 5.26 Å². The number of rotatable bonds is 4. The quantitative estimate of drug-likeness (QED) is 0.604. The highest BCUT2D eigenvalue weighted by Gasteiger charge is 2.18. The molecule has 3 rings (SSSR count). The Morgan fingerprint density at radius 1 is 1.19 bits per heavy atom. The maximum absolute atomic E-state index is 9.72. The largest absolute Gasteiger partial charge is 0.268 e. The summed E-state index contributed by atoms with van der Waals surface area (Å²) >= 11 is 5.53. The van der Waals surface area contributed by atoms with Crippen molar-refractivity contribution in [3.63, 3.8) is 0 Å². The number of aryl methyl sites for hydroxylation is 2. The Balaban J connectivity index is 2.29. The normalized spacial score (nSPS) is 11.0.